The molecule has 0 unspecified atom stereocenters. The standard InChI is InChI=1S/C22H23N3O2/c1-16-23-15-18(21(24-16)17-9-4-2-5-10-17)22(26)25-13-7-3-6-11-19(25)20-12-8-14-27-20/h2,4-5,8-10,12,14-15,19H,3,6-7,11,13H2,1H3/t19-/m1/s1. The first kappa shape index (κ1) is 17.5. The molecular weight excluding hydrogens is 338 g/mol. The quantitative estimate of drug-likeness (QED) is 0.672. The van der Waals surface area contributed by atoms with E-state index in [1.807, 2.05) is 54.3 Å². The average Bonchev–Trinajstić information content (AvgIpc) is 3.12. The van der Waals surface area contributed by atoms with Gasteiger partial charge in [-0.05, 0) is 31.9 Å². The lowest BCUT2D eigenvalue weighted by molar-refractivity contribution is 0.0658. The molecular formula is C22H23N3O2. The third kappa shape index (κ3) is 3.63. The van der Waals surface area contributed by atoms with Gasteiger partial charge in [0.05, 0.1) is 23.6 Å². The predicted octanol–water partition coefficient (Wildman–Crippen LogP) is 4.80. The number of hydrogen-bond donors (Lipinski definition) is 0. The van der Waals surface area contributed by atoms with Crippen LogP contribution >= 0.6 is 0 Å². The Morgan fingerprint density at radius 1 is 1.11 bits per heavy atom. The number of nitrogens with zero attached hydrogens (tertiary/aromatic N) is 3. The van der Waals surface area contributed by atoms with Gasteiger partial charge in [0.1, 0.15) is 11.6 Å². The summed E-state index contributed by atoms with van der Waals surface area (Å²) in [6.45, 7) is 2.56. The molecule has 0 spiro atoms. The van der Waals surface area contributed by atoms with Gasteiger partial charge in [0.2, 0.25) is 0 Å². The highest BCUT2D eigenvalue weighted by Crippen LogP contribution is 2.33. The molecule has 5 heteroatoms. The maximum absolute atomic E-state index is 13.6. The van der Waals surface area contributed by atoms with E-state index in [9.17, 15) is 4.79 Å². The summed E-state index contributed by atoms with van der Waals surface area (Å²) >= 11 is 0. The van der Waals surface area contributed by atoms with Gasteiger partial charge < -0.3 is 9.32 Å². The minimum absolute atomic E-state index is 0.0304. The summed E-state index contributed by atoms with van der Waals surface area (Å²) in [6, 6.07) is 13.6. The molecule has 1 saturated heterocycles. The molecule has 0 N–H and O–H groups in total. The summed E-state index contributed by atoms with van der Waals surface area (Å²) in [5, 5.41) is 0. The van der Waals surface area contributed by atoms with Gasteiger partial charge in [-0.25, -0.2) is 9.97 Å². The van der Waals surface area contributed by atoms with Crippen LogP contribution in [0.2, 0.25) is 0 Å². The fourth-order valence-electron chi connectivity index (χ4n) is 3.73. The lowest BCUT2D eigenvalue weighted by Crippen LogP contribution is -2.35. The van der Waals surface area contributed by atoms with E-state index in [2.05, 4.69) is 9.97 Å². The molecule has 2 aromatic heterocycles. The second kappa shape index (κ2) is 7.74. The van der Waals surface area contributed by atoms with Crippen molar-refractivity contribution in [2.45, 2.75) is 38.6 Å². The first-order chi connectivity index (χ1) is 13.2. The van der Waals surface area contributed by atoms with E-state index in [0.29, 0.717) is 23.6 Å². The molecule has 1 amide bonds. The Morgan fingerprint density at radius 2 is 1.96 bits per heavy atom. The van der Waals surface area contributed by atoms with Crippen LogP contribution in [0.5, 0.6) is 0 Å². The van der Waals surface area contributed by atoms with E-state index >= 15 is 0 Å². The van der Waals surface area contributed by atoms with Crippen molar-refractivity contribution in [3.05, 3.63) is 72.1 Å². The Bertz CT molecular complexity index is 907. The molecule has 1 fully saturated rings. The number of carbonyl (C=O) groups excluding carboxylic acids is 1. The van der Waals surface area contributed by atoms with Gasteiger partial charge in [-0.3, -0.25) is 4.79 Å². The van der Waals surface area contributed by atoms with Crippen LogP contribution in [0, 0.1) is 6.92 Å². The SMILES string of the molecule is Cc1ncc(C(=O)N2CCCCC[C@@H]2c2ccco2)c(-c2ccccc2)n1. The Balaban J connectivity index is 1.75. The topological polar surface area (TPSA) is 59.2 Å². The highest BCUT2D eigenvalue weighted by molar-refractivity contribution is 5.99. The van der Waals surface area contributed by atoms with Crippen molar-refractivity contribution in [2.24, 2.45) is 0 Å². The normalized spacial score (nSPS) is 17.5. The first-order valence-corrected chi connectivity index (χ1v) is 9.47. The highest BCUT2D eigenvalue weighted by Gasteiger charge is 2.31. The van der Waals surface area contributed by atoms with Crippen LogP contribution in [0.4, 0.5) is 0 Å². The zero-order valence-electron chi connectivity index (χ0n) is 15.5. The third-order valence-electron chi connectivity index (χ3n) is 5.07. The number of hydrogen-bond acceptors (Lipinski definition) is 4. The Hall–Kier alpha value is -2.95. The zero-order valence-corrected chi connectivity index (χ0v) is 15.5. The third-order valence-corrected chi connectivity index (χ3v) is 5.07. The van der Waals surface area contributed by atoms with Crippen LogP contribution in [0.15, 0.2) is 59.3 Å². The summed E-state index contributed by atoms with van der Waals surface area (Å²) < 4.78 is 5.65. The molecule has 1 aliphatic rings. The molecule has 0 saturated carbocycles. The Morgan fingerprint density at radius 3 is 2.74 bits per heavy atom. The van der Waals surface area contributed by atoms with Crippen LogP contribution in [0.25, 0.3) is 11.3 Å². The van der Waals surface area contributed by atoms with Gasteiger partial charge in [-0.15, -0.1) is 0 Å². The van der Waals surface area contributed by atoms with Crippen LogP contribution in [0.1, 0.15) is 53.7 Å². The molecule has 0 radical (unpaired) electrons. The number of rotatable bonds is 3. The van der Waals surface area contributed by atoms with Gasteiger partial charge in [0, 0.05) is 18.3 Å². The number of benzene rings is 1. The van der Waals surface area contributed by atoms with E-state index in [0.717, 1.165) is 37.0 Å². The van der Waals surface area contributed by atoms with E-state index in [4.69, 9.17) is 4.42 Å². The van der Waals surface area contributed by atoms with Crippen LogP contribution in [-0.2, 0) is 0 Å². The molecule has 0 bridgehead atoms. The number of aromatic nitrogens is 2. The molecule has 1 aromatic carbocycles. The molecule has 3 aromatic rings. The number of likely N-dealkylation sites (tertiary alicyclic amines) is 1. The maximum atomic E-state index is 13.6. The summed E-state index contributed by atoms with van der Waals surface area (Å²) in [4.78, 5) is 24.4. The van der Waals surface area contributed by atoms with Crippen molar-refractivity contribution in [1.82, 2.24) is 14.9 Å². The summed E-state index contributed by atoms with van der Waals surface area (Å²) in [7, 11) is 0. The second-order valence-electron chi connectivity index (χ2n) is 6.92. The molecule has 1 atom stereocenters. The van der Waals surface area contributed by atoms with E-state index in [1.54, 1.807) is 12.5 Å². The molecule has 138 valence electrons. The fraction of sp³-hybridized carbons (Fsp3) is 0.318. The van der Waals surface area contributed by atoms with Crippen LogP contribution in [0.3, 0.4) is 0 Å². The van der Waals surface area contributed by atoms with Crippen LogP contribution < -0.4 is 0 Å². The first-order valence-electron chi connectivity index (χ1n) is 9.47. The minimum atomic E-state index is -0.0417. The molecule has 4 rings (SSSR count). The van der Waals surface area contributed by atoms with Crippen molar-refractivity contribution in [3.8, 4) is 11.3 Å². The highest BCUT2D eigenvalue weighted by atomic mass is 16.3. The molecule has 5 nitrogen and oxygen atoms in total. The average molecular weight is 361 g/mol. The Kier molecular flexibility index (Phi) is 5.01. The van der Waals surface area contributed by atoms with E-state index < -0.39 is 0 Å². The second-order valence-corrected chi connectivity index (χ2v) is 6.92. The number of furan rings is 1. The van der Waals surface area contributed by atoms with Crippen molar-refractivity contribution in [3.63, 3.8) is 0 Å². The molecule has 27 heavy (non-hydrogen) atoms. The van der Waals surface area contributed by atoms with Crippen molar-refractivity contribution < 1.29 is 9.21 Å². The fourth-order valence-corrected chi connectivity index (χ4v) is 3.73. The lowest BCUT2D eigenvalue weighted by atomic mass is 10.0. The summed E-state index contributed by atoms with van der Waals surface area (Å²) in [5.74, 6) is 1.47. The predicted molar refractivity (Wildman–Crippen MR) is 103 cm³/mol. The number of aryl methyl sites for hydroxylation is 1. The largest absolute Gasteiger partial charge is 0.467 e. The summed E-state index contributed by atoms with van der Waals surface area (Å²) in [6.07, 6.45) is 7.45. The summed E-state index contributed by atoms with van der Waals surface area (Å²) in [5.41, 5.74) is 2.16. The van der Waals surface area contributed by atoms with Gasteiger partial charge in [-0.2, -0.15) is 0 Å². The lowest BCUT2D eigenvalue weighted by Gasteiger charge is -2.29. The van der Waals surface area contributed by atoms with Crippen molar-refractivity contribution in [1.29, 1.82) is 0 Å². The molecule has 3 heterocycles. The minimum Gasteiger partial charge on any atom is -0.467 e. The Labute approximate surface area is 159 Å². The number of amides is 1. The zero-order chi connectivity index (χ0) is 18.6. The number of carbonyl (C=O) groups is 1. The van der Waals surface area contributed by atoms with Gasteiger partial charge >= 0.3 is 0 Å². The van der Waals surface area contributed by atoms with Crippen LogP contribution in [-0.4, -0.2) is 27.3 Å². The molecule has 0 aliphatic carbocycles. The van der Waals surface area contributed by atoms with Gasteiger partial charge in [0.25, 0.3) is 5.91 Å². The smallest absolute Gasteiger partial charge is 0.258 e. The maximum Gasteiger partial charge on any atom is 0.258 e. The van der Waals surface area contributed by atoms with E-state index in [-0.39, 0.29) is 11.9 Å². The van der Waals surface area contributed by atoms with Gasteiger partial charge in [-0.1, -0.05) is 43.2 Å². The van der Waals surface area contributed by atoms with Gasteiger partial charge in [0.15, 0.2) is 0 Å². The van der Waals surface area contributed by atoms with Crippen molar-refractivity contribution >= 4 is 5.91 Å². The monoisotopic (exact) mass is 361 g/mol. The molecule has 1 aliphatic heterocycles. The van der Waals surface area contributed by atoms with Crippen molar-refractivity contribution in [2.75, 3.05) is 6.54 Å². The van der Waals surface area contributed by atoms with E-state index in [1.165, 1.54) is 0 Å².